The van der Waals surface area contributed by atoms with Gasteiger partial charge in [-0.1, -0.05) is 6.07 Å². The molecule has 1 amide bonds. The number of carbonyl (C=O) groups excluding carboxylic acids is 1. The molecule has 0 unspecified atom stereocenters. The molecule has 1 aliphatic rings. The number of hydrogen-bond acceptors (Lipinski definition) is 4. The first-order valence-corrected chi connectivity index (χ1v) is 7.85. The second-order valence-electron chi connectivity index (χ2n) is 4.95. The van der Waals surface area contributed by atoms with Crippen LogP contribution in [0.4, 0.5) is 4.39 Å². The summed E-state index contributed by atoms with van der Waals surface area (Å²) in [4.78, 5) is 11.7. The molecule has 2 rings (SSSR count). The molecule has 1 aliphatic heterocycles. The van der Waals surface area contributed by atoms with Crippen LogP contribution in [-0.2, 0) is 19.6 Å². The monoisotopic (exact) mass is 316 g/mol. The third-order valence-corrected chi connectivity index (χ3v) is 5.22. The number of rotatable bonds is 3. The molecule has 1 N–H and O–H groups in total. The summed E-state index contributed by atoms with van der Waals surface area (Å²) in [5.74, 6) is -1.03. The lowest BCUT2D eigenvalue weighted by atomic mass is 10.0. The van der Waals surface area contributed by atoms with Crippen molar-refractivity contribution in [1.29, 1.82) is 0 Å². The van der Waals surface area contributed by atoms with Crippen molar-refractivity contribution in [3.05, 3.63) is 30.1 Å². The summed E-state index contributed by atoms with van der Waals surface area (Å²) < 4.78 is 44.8. The number of halogens is 1. The molecule has 1 atom stereocenters. The minimum atomic E-state index is -3.86. The molecule has 0 saturated carbocycles. The van der Waals surface area contributed by atoms with E-state index in [1.165, 1.54) is 32.2 Å². The molecular formula is C13H17FN2O4S. The maximum absolute atomic E-state index is 13.2. The Hall–Kier alpha value is -1.51. The molecule has 6 nitrogen and oxygen atoms in total. The first-order valence-electron chi connectivity index (χ1n) is 6.41. The van der Waals surface area contributed by atoms with Crippen LogP contribution in [0.2, 0.25) is 0 Å². The third kappa shape index (κ3) is 3.07. The fourth-order valence-electron chi connectivity index (χ4n) is 2.22. The molecule has 0 spiro atoms. The zero-order valence-electron chi connectivity index (χ0n) is 11.8. The molecule has 8 heteroatoms. The molecule has 0 aliphatic carbocycles. The summed E-state index contributed by atoms with van der Waals surface area (Å²) in [7, 11) is -2.41. The van der Waals surface area contributed by atoms with Gasteiger partial charge in [0, 0.05) is 13.6 Å². The summed E-state index contributed by atoms with van der Waals surface area (Å²) >= 11 is 0. The van der Waals surface area contributed by atoms with Crippen molar-refractivity contribution in [2.75, 3.05) is 26.7 Å². The number of carbonyl (C=O) groups is 1. The van der Waals surface area contributed by atoms with Crippen molar-refractivity contribution < 1.29 is 22.3 Å². The second kappa shape index (κ2) is 5.70. The van der Waals surface area contributed by atoms with Gasteiger partial charge in [0.25, 0.3) is 5.91 Å². The van der Waals surface area contributed by atoms with Crippen molar-refractivity contribution in [2.45, 2.75) is 17.4 Å². The molecule has 116 valence electrons. The quantitative estimate of drug-likeness (QED) is 0.873. The van der Waals surface area contributed by atoms with Crippen molar-refractivity contribution >= 4 is 15.9 Å². The van der Waals surface area contributed by atoms with Gasteiger partial charge in [0.15, 0.2) is 5.60 Å². The van der Waals surface area contributed by atoms with Gasteiger partial charge < -0.3 is 10.1 Å². The molecule has 0 bridgehead atoms. The van der Waals surface area contributed by atoms with E-state index in [9.17, 15) is 17.6 Å². The first-order chi connectivity index (χ1) is 9.79. The lowest BCUT2D eigenvalue weighted by Gasteiger charge is -2.38. The normalized spacial score (nSPS) is 23.8. The van der Waals surface area contributed by atoms with Gasteiger partial charge >= 0.3 is 0 Å². The number of nitrogens with zero attached hydrogens (tertiary/aromatic N) is 1. The Labute approximate surface area is 122 Å². The van der Waals surface area contributed by atoms with E-state index in [1.807, 2.05) is 0 Å². The van der Waals surface area contributed by atoms with Gasteiger partial charge in [-0.2, -0.15) is 4.31 Å². The molecule has 0 aromatic heterocycles. The van der Waals surface area contributed by atoms with E-state index in [4.69, 9.17) is 4.74 Å². The SMILES string of the molecule is CNC(=O)[C@]1(C)CN(S(=O)(=O)c2cccc(F)c2)CCO1. The van der Waals surface area contributed by atoms with E-state index < -0.39 is 27.3 Å². The Morgan fingerprint density at radius 3 is 2.81 bits per heavy atom. The van der Waals surface area contributed by atoms with Gasteiger partial charge in [-0.15, -0.1) is 0 Å². The van der Waals surface area contributed by atoms with Crippen LogP contribution in [0.3, 0.4) is 0 Å². The number of amides is 1. The number of sulfonamides is 1. The number of nitrogens with one attached hydrogen (secondary N) is 1. The van der Waals surface area contributed by atoms with Crippen LogP contribution in [-0.4, -0.2) is 51.0 Å². The number of benzene rings is 1. The van der Waals surface area contributed by atoms with E-state index in [0.29, 0.717) is 0 Å². The highest BCUT2D eigenvalue weighted by atomic mass is 32.2. The van der Waals surface area contributed by atoms with Gasteiger partial charge in [-0.3, -0.25) is 4.79 Å². The van der Waals surface area contributed by atoms with Gasteiger partial charge in [-0.25, -0.2) is 12.8 Å². The highest BCUT2D eigenvalue weighted by molar-refractivity contribution is 7.89. The molecule has 1 saturated heterocycles. The van der Waals surface area contributed by atoms with Crippen LogP contribution in [0.15, 0.2) is 29.2 Å². The molecule has 1 aromatic rings. The Balaban J connectivity index is 2.31. The van der Waals surface area contributed by atoms with Crippen molar-refractivity contribution in [1.82, 2.24) is 9.62 Å². The fourth-order valence-corrected chi connectivity index (χ4v) is 3.76. The topological polar surface area (TPSA) is 75.7 Å². The summed E-state index contributed by atoms with van der Waals surface area (Å²) in [5.41, 5.74) is -1.26. The second-order valence-corrected chi connectivity index (χ2v) is 6.89. The van der Waals surface area contributed by atoms with E-state index >= 15 is 0 Å². The summed E-state index contributed by atoms with van der Waals surface area (Å²) in [6.45, 7) is 1.62. The highest BCUT2D eigenvalue weighted by Gasteiger charge is 2.42. The minimum absolute atomic E-state index is 0.0957. The van der Waals surface area contributed by atoms with E-state index in [2.05, 4.69) is 5.32 Å². The molecule has 0 radical (unpaired) electrons. The van der Waals surface area contributed by atoms with Gasteiger partial charge in [0.2, 0.25) is 10.0 Å². The zero-order chi connectivity index (χ0) is 15.7. The molecule has 21 heavy (non-hydrogen) atoms. The minimum Gasteiger partial charge on any atom is -0.363 e. The average Bonchev–Trinajstić information content (AvgIpc) is 2.46. The third-order valence-electron chi connectivity index (χ3n) is 3.38. The first kappa shape index (κ1) is 15.9. The van der Waals surface area contributed by atoms with E-state index in [1.54, 1.807) is 0 Å². The Bertz CT molecular complexity index is 649. The average molecular weight is 316 g/mol. The Morgan fingerprint density at radius 1 is 1.48 bits per heavy atom. The Kier molecular flexibility index (Phi) is 4.31. The van der Waals surface area contributed by atoms with E-state index in [0.717, 1.165) is 10.4 Å². The zero-order valence-corrected chi connectivity index (χ0v) is 12.6. The van der Waals surface area contributed by atoms with Crippen LogP contribution in [0.5, 0.6) is 0 Å². The van der Waals surface area contributed by atoms with Crippen molar-refractivity contribution in [3.8, 4) is 0 Å². The van der Waals surface area contributed by atoms with Crippen molar-refractivity contribution in [2.24, 2.45) is 0 Å². The Morgan fingerprint density at radius 2 is 2.19 bits per heavy atom. The number of ether oxygens (including phenoxy) is 1. The standard InChI is InChI=1S/C13H17FN2O4S/c1-13(12(17)15-2)9-16(6-7-20-13)21(18,19)11-5-3-4-10(14)8-11/h3-5,8H,6-7,9H2,1-2H3,(H,15,17)/t13-/m0/s1. The van der Waals surface area contributed by atoms with Crippen LogP contribution in [0, 0.1) is 5.82 Å². The van der Waals surface area contributed by atoms with Gasteiger partial charge in [0.1, 0.15) is 5.82 Å². The lowest BCUT2D eigenvalue weighted by molar-refractivity contribution is -0.151. The molecular weight excluding hydrogens is 299 g/mol. The fraction of sp³-hybridized carbons (Fsp3) is 0.462. The predicted molar refractivity (Wildman–Crippen MR) is 73.6 cm³/mol. The predicted octanol–water partition coefficient (Wildman–Crippen LogP) is 0.351. The summed E-state index contributed by atoms with van der Waals surface area (Å²) in [6.07, 6.45) is 0. The lowest BCUT2D eigenvalue weighted by Crippen LogP contribution is -2.58. The molecule has 1 heterocycles. The maximum Gasteiger partial charge on any atom is 0.253 e. The smallest absolute Gasteiger partial charge is 0.253 e. The van der Waals surface area contributed by atoms with Crippen molar-refractivity contribution in [3.63, 3.8) is 0 Å². The van der Waals surface area contributed by atoms with E-state index in [-0.39, 0.29) is 24.6 Å². The summed E-state index contributed by atoms with van der Waals surface area (Å²) in [6, 6.07) is 4.79. The van der Waals surface area contributed by atoms with Gasteiger partial charge in [0.05, 0.1) is 18.0 Å². The van der Waals surface area contributed by atoms with Crippen LogP contribution < -0.4 is 5.32 Å². The number of hydrogen-bond donors (Lipinski definition) is 1. The largest absolute Gasteiger partial charge is 0.363 e. The number of morpholine rings is 1. The van der Waals surface area contributed by atoms with Gasteiger partial charge in [-0.05, 0) is 25.1 Å². The maximum atomic E-state index is 13.2. The molecule has 1 fully saturated rings. The highest BCUT2D eigenvalue weighted by Crippen LogP contribution is 2.24. The van der Waals surface area contributed by atoms with Crippen LogP contribution >= 0.6 is 0 Å². The summed E-state index contributed by atoms with van der Waals surface area (Å²) in [5, 5.41) is 2.45. The molecule has 1 aromatic carbocycles. The van der Waals surface area contributed by atoms with Crippen LogP contribution in [0.1, 0.15) is 6.92 Å². The number of likely N-dealkylation sites (N-methyl/N-ethyl adjacent to an activating group) is 1. The van der Waals surface area contributed by atoms with Crippen LogP contribution in [0.25, 0.3) is 0 Å².